The zero-order chi connectivity index (χ0) is 15.4. The van der Waals surface area contributed by atoms with Gasteiger partial charge in [-0.25, -0.2) is 4.79 Å². The van der Waals surface area contributed by atoms with Crippen LogP contribution in [0.1, 0.15) is 19.8 Å². The molecule has 2 fully saturated rings. The Hall–Kier alpha value is -1.34. The SMILES string of the molecule is CC(O)C1CCN(C(=O)N2CCN(CC(=O)O)CC2)CC1. The van der Waals surface area contributed by atoms with Crippen molar-refractivity contribution in [3.05, 3.63) is 0 Å². The summed E-state index contributed by atoms with van der Waals surface area (Å²) in [4.78, 5) is 28.6. The number of amides is 2. The molecular weight excluding hydrogens is 274 g/mol. The fourth-order valence-electron chi connectivity index (χ4n) is 3.06. The van der Waals surface area contributed by atoms with Crippen LogP contribution in [0.15, 0.2) is 0 Å². The minimum Gasteiger partial charge on any atom is -0.480 e. The first kappa shape index (κ1) is 16.0. The first-order chi connectivity index (χ1) is 9.97. The molecule has 0 radical (unpaired) electrons. The normalized spacial score (nSPS) is 23.1. The number of likely N-dealkylation sites (tertiary alicyclic amines) is 1. The lowest BCUT2D eigenvalue weighted by Crippen LogP contribution is -2.54. The largest absolute Gasteiger partial charge is 0.480 e. The molecule has 2 N–H and O–H groups in total. The molecule has 2 amide bonds. The highest BCUT2D eigenvalue weighted by Crippen LogP contribution is 2.21. The molecule has 0 aromatic heterocycles. The zero-order valence-electron chi connectivity index (χ0n) is 12.6. The van der Waals surface area contributed by atoms with Gasteiger partial charge in [0.25, 0.3) is 0 Å². The summed E-state index contributed by atoms with van der Waals surface area (Å²) in [5.41, 5.74) is 0. The number of carbonyl (C=O) groups excluding carboxylic acids is 1. The maximum atomic E-state index is 12.4. The van der Waals surface area contributed by atoms with Crippen molar-refractivity contribution in [2.45, 2.75) is 25.9 Å². The average Bonchev–Trinajstić information content (AvgIpc) is 2.47. The number of aliphatic hydroxyl groups is 1. The molecule has 2 saturated heterocycles. The van der Waals surface area contributed by atoms with Gasteiger partial charge in [0.1, 0.15) is 0 Å². The Balaban J connectivity index is 1.76. The summed E-state index contributed by atoms with van der Waals surface area (Å²) >= 11 is 0. The van der Waals surface area contributed by atoms with Crippen molar-refractivity contribution in [2.75, 3.05) is 45.8 Å². The van der Waals surface area contributed by atoms with E-state index in [0.29, 0.717) is 45.2 Å². The van der Waals surface area contributed by atoms with Crippen LogP contribution < -0.4 is 0 Å². The van der Waals surface area contributed by atoms with Crippen molar-refractivity contribution >= 4 is 12.0 Å². The molecule has 7 nitrogen and oxygen atoms in total. The van der Waals surface area contributed by atoms with Crippen LogP contribution in [0.5, 0.6) is 0 Å². The Morgan fingerprint density at radius 2 is 1.57 bits per heavy atom. The number of hydrogen-bond donors (Lipinski definition) is 2. The Morgan fingerprint density at radius 1 is 1.05 bits per heavy atom. The number of nitrogens with zero attached hydrogens (tertiary/aromatic N) is 3. The van der Waals surface area contributed by atoms with Crippen LogP contribution in [0.3, 0.4) is 0 Å². The van der Waals surface area contributed by atoms with E-state index in [9.17, 15) is 14.7 Å². The van der Waals surface area contributed by atoms with Crippen LogP contribution in [0.4, 0.5) is 4.79 Å². The van der Waals surface area contributed by atoms with Crippen molar-refractivity contribution < 1.29 is 19.8 Å². The molecule has 0 aromatic rings. The summed E-state index contributed by atoms with van der Waals surface area (Å²) in [6.07, 6.45) is 1.40. The van der Waals surface area contributed by atoms with Gasteiger partial charge in [-0.2, -0.15) is 0 Å². The molecule has 2 heterocycles. The molecular formula is C14H25N3O4. The third-order valence-corrected chi connectivity index (χ3v) is 4.49. The molecule has 2 rings (SSSR count). The minimum atomic E-state index is -0.824. The number of urea groups is 1. The number of hydrogen-bond acceptors (Lipinski definition) is 4. The zero-order valence-corrected chi connectivity index (χ0v) is 12.6. The van der Waals surface area contributed by atoms with Gasteiger partial charge in [0.05, 0.1) is 12.6 Å². The average molecular weight is 299 g/mol. The molecule has 0 aromatic carbocycles. The summed E-state index contributed by atoms with van der Waals surface area (Å²) in [7, 11) is 0. The van der Waals surface area contributed by atoms with Crippen molar-refractivity contribution in [1.82, 2.24) is 14.7 Å². The van der Waals surface area contributed by atoms with Gasteiger partial charge in [0, 0.05) is 39.3 Å². The van der Waals surface area contributed by atoms with Gasteiger partial charge in [0.15, 0.2) is 0 Å². The van der Waals surface area contributed by atoms with Crippen LogP contribution in [-0.2, 0) is 4.79 Å². The number of carboxylic acids is 1. The highest BCUT2D eigenvalue weighted by atomic mass is 16.4. The van der Waals surface area contributed by atoms with E-state index in [-0.39, 0.29) is 18.7 Å². The quantitative estimate of drug-likeness (QED) is 0.760. The van der Waals surface area contributed by atoms with Crippen LogP contribution in [0.25, 0.3) is 0 Å². The molecule has 2 aliphatic rings. The molecule has 21 heavy (non-hydrogen) atoms. The summed E-state index contributed by atoms with van der Waals surface area (Å²) < 4.78 is 0. The monoisotopic (exact) mass is 299 g/mol. The van der Waals surface area contributed by atoms with Gasteiger partial charge in [-0.15, -0.1) is 0 Å². The van der Waals surface area contributed by atoms with E-state index < -0.39 is 5.97 Å². The van der Waals surface area contributed by atoms with Gasteiger partial charge in [-0.1, -0.05) is 0 Å². The topological polar surface area (TPSA) is 84.3 Å². The van der Waals surface area contributed by atoms with Gasteiger partial charge >= 0.3 is 12.0 Å². The number of aliphatic hydroxyl groups excluding tert-OH is 1. The lowest BCUT2D eigenvalue weighted by molar-refractivity contribution is -0.138. The van der Waals surface area contributed by atoms with Crippen LogP contribution in [0.2, 0.25) is 0 Å². The Bertz CT molecular complexity index is 372. The first-order valence-corrected chi connectivity index (χ1v) is 7.63. The second-order valence-electron chi connectivity index (χ2n) is 6.00. The molecule has 120 valence electrons. The number of aliphatic carboxylic acids is 1. The van der Waals surface area contributed by atoms with E-state index in [1.807, 2.05) is 16.7 Å². The highest BCUT2D eigenvalue weighted by molar-refractivity contribution is 5.74. The maximum Gasteiger partial charge on any atom is 0.320 e. The Kier molecular flexibility index (Phi) is 5.41. The summed E-state index contributed by atoms with van der Waals surface area (Å²) in [5.74, 6) is -0.531. The molecule has 0 aliphatic carbocycles. The predicted octanol–water partition coefficient (Wildman–Crippen LogP) is -0.0986. The fraction of sp³-hybridized carbons (Fsp3) is 0.857. The Morgan fingerprint density at radius 3 is 2.05 bits per heavy atom. The van der Waals surface area contributed by atoms with Gasteiger partial charge in [0.2, 0.25) is 0 Å². The lowest BCUT2D eigenvalue weighted by Gasteiger charge is -2.39. The number of carboxylic acid groups (broad SMARTS) is 1. The van der Waals surface area contributed by atoms with Crippen molar-refractivity contribution in [3.8, 4) is 0 Å². The molecule has 0 spiro atoms. The third kappa shape index (κ3) is 4.31. The summed E-state index contributed by atoms with van der Waals surface area (Å²) in [6, 6.07) is 0.0500. The van der Waals surface area contributed by atoms with Gasteiger partial charge in [-0.05, 0) is 25.7 Å². The Labute approximate surface area is 125 Å². The van der Waals surface area contributed by atoms with E-state index in [0.717, 1.165) is 12.8 Å². The summed E-state index contributed by atoms with van der Waals surface area (Å²) in [6.45, 7) is 5.65. The molecule has 0 saturated carbocycles. The number of carbonyl (C=O) groups is 2. The molecule has 7 heteroatoms. The second kappa shape index (κ2) is 7.09. The van der Waals surface area contributed by atoms with E-state index in [4.69, 9.17) is 5.11 Å². The molecule has 1 unspecified atom stereocenters. The maximum absolute atomic E-state index is 12.4. The van der Waals surface area contributed by atoms with E-state index in [1.165, 1.54) is 0 Å². The molecule has 0 bridgehead atoms. The lowest BCUT2D eigenvalue weighted by atomic mass is 9.92. The summed E-state index contributed by atoms with van der Waals surface area (Å²) in [5, 5.41) is 18.3. The molecule has 1 atom stereocenters. The van der Waals surface area contributed by atoms with Gasteiger partial charge in [-0.3, -0.25) is 9.69 Å². The predicted molar refractivity (Wildman–Crippen MR) is 77.0 cm³/mol. The van der Waals surface area contributed by atoms with E-state index in [1.54, 1.807) is 4.90 Å². The number of rotatable bonds is 3. The first-order valence-electron chi connectivity index (χ1n) is 7.63. The molecule has 2 aliphatic heterocycles. The van der Waals surface area contributed by atoms with Gasteiger partial charge < -0.3 is 20.0 Å². The highest BCUT2D eigenvalue weighted by Gasteiger charge is 2.30. The smallest absolute Gasteiger partial charge is 0.320 e. The van der Waals surface area contributed by atoms with Crippen molar-refractivity contribution in [3.63, 3.8) is 0 Å². The van der Waals surface area contributed by atoms with E-state index >= 15 is 0 Å². The van der Waals surface area contributed by atoms with Crippen LogP contribution in [-0.4, -0.2) is 88.8 Å². The standard InChI is InChI=1S/C14H25N3O4/c1-11(18)12-2-4-16(5-3-12)14(21)17-8-6-15(7-9-17)10-13(19)20/h11-12,18H,2-10H2,1H3,(H,19,20). The van der Waals surface area contributed by atoms with E-state index in [2.05, 4.69) is 0 Å². The number of piperazine rings is 1. The van der Waals surface area contributed by atoms with Crippen molar-refractivity contribution in [2.24, 2.45) is 5.92 Å². The van der Waals surface area contributed by atoms with Crippen LogP contribution >= 0.6 is 0 Å². The number of piperidine rings is 1. The van der Waals surface area contributed by atoms with Crippen molar-refractivity contribution in [1.29, 1.82) is 0 Å². The second-order valence-corrected chi connectivity index (χ2v) is 6.00. The van der Waals surface area contributed by atoms with Crippen LogP contribution in [0, 0.1) is 5.92 Å². The fourth-order valence-corrected chi connectivity index (χ4v) is 3.06. The third-order valence-electron chi connectivity index (χ3n) is 4.49. The minimum absolute atomic E-state index is 0.0435.